The molecule has 0 saturated carbocycles. The number of hydrogen-bond donors (Lipinski definition) is 3. The van der Waals surface area contributed by atoms with Crippen LogP contribution >= 0.6 is 0 Å². The van der Waals surface area contributed by atoms with Gasteiger partial charge in [-0.05, 0) is 56.2 Å². The van der Waals surface area contributed by atoms with Crippen molar-refractivity contribution in [1.82, 2.24) is 5.32 Å². The molecule has 30 heavy (non-hydrogen) atoms. The van der Waals surface area contributed by atoms with Crippen LogP contribution in [0.1, 0.15) is 18.1 Å². The number of piperazine rings is 1. The fourth-order valence-corrected chi connectivity index (χ4v) is 3.84. The number of aryl methyl sites for hydroxylation is 2. The Hall–Kier alpha value is -2.93. The first-order valence-corrected chi connectivity index (χ1v) is 10.3. The predicted molar refractivity (Wildman–Crippen MR) is 116 cm³/mol. The Balaban J connectivity index is 1.45. The SMILES string of the molecule is Cc1cccc(C)c1NC(=O)CNC(=O)[C@H](C)[NH+]1CCN(c2ccc(F)cc2)CC1. The van der Waals surface area contributed by atoms with Crippen LogP contribution < -0.4 is 20.4 Å². The molecule has 0 unspecified atom stereocenters. The van der Waals surface area contributed by atoms with Crippen LogP contribution in [0.4, 0.5) is 15.8 Å². The Labute approximate surface area is 177 Å². The minimum absolute atomic E-state index is 0.0497. The van der Waals surface area contributed by atoms with Crippen LogP contribution in [0.15, 0.2) is 42.5 Å². The molecule has 0 radical (unpaired) electrons. The molecule has 0 aromatic heterocycles. The van der Waals surface area contributed by atoms with Crippen LogP contribution in [0.5, 0.6) is 0 Å². The van der Waals surface area contributed by atoms with Gasteiger partial charge in [-0.1, -0.05) is 18.2 Å². The number of nitrogens with zero attached hydrogens (tertiary/aromatic N) is 1. The molecule has 0 aliphatic carbocycles. The van der Waals surface area contributed by atoms with Gasteiger partial charge in [0.15, 0.2) is 6.04 Å². The van der Waals surface area contributed by atoms with Crippen molar-refractivity contribution in [3.8, 4) is 0 Å². The van der Waals surface area contributed by atoms with Crippen molar-refractivity contribution in [2.24, 2.45) is 0 Å². The lowest BCUT2D eigenvalue weighted by molar-refractivity contribution is -0.914. The van der Waals surface area contributed by atoms with Crippen molar-refractivity contribution in [3.63, 3.8) is 0 Å². The first-order valence-electron chi connectivity index (χ1n) is 10.3. The zero-order chi connectivity index (χ0) is 21.7. The van der Waals surface area contributed by atoms with E-state index in [2.05, 4.69) is 15.5 Å². The van der Waals surface area contributed by atoms with Crippen molar-refractivity contribution < 1.29 is 18.9 Å². The number of carbonyl (C=O) groups is 2. The molecule has 1 fully saturated rings. The summed E-state index contributed by atoms with van der Waals surface area (Å²) in [6, 6.07) is 12.1. The summed E-state index contributed by atoms with van der Waals surface area (Å²) in [7, 11) is 0. The summed E-state index contributed by atoms with van der Waals surface area (Å²) in [5.41, 5.74) is 3.78. The minimum Gasteiger partial charge on any atom is -0.360 e. The highest BCUT2D eigenvalue weighted by Gasteiger charge is 2.29. The monoisotopic (exact) mass is 413 g/mol. The Morgan fingerprint density at radius 2 is 1.67 bits per heavy atom. The average Bonchev–Trinajstić information content (AvgIpc) is 2.75. The largest absolute Gasteiger partial charge is 0.360 e. The van der Waals surface area contributed by atoms with Gasteiger partial charge in [-0.2, -0.15) is 0 Å². The summed E-state index contributed by atoms with van der Waals surface area (Å²) in [5.74, 6) is -0.601. The maximum atomic E-state index is 13.1. The number of anilines is 2. The fourth-order valence-electron chi connectivity index (χ4n) is 3.84. The van der Waals surface area contributed by atoms with E-state index in [9.17, 15) is 14.0 Å². The number of benzene rings is 2. The zero-order valence-corrected chi connectivity index (χ0v) is 17.8. The predicted octanol–water partition coefficient (Wildman–Crippen LogP) is 1.29. The van der Waals surface area contributed by atoms with Crippen LogP contribution in [0.2, 0.25) is 0 Å². The van der Waals surface area contributed by atoms with E-state index < -0.39 is 0 Å². The third-order valence-corrected chi connectivity index (χ3v) is 5.77. The highest BCUT2D eigenvalue weighted by Crippen LogP contribution is 2.19. The van der Waals surface area contributed by atoms with Gasteiger partial charge in [0.25, 0.3) is 5.91 Å². The fraction of sp³-hybridized carbons (Fsp3) is 0.391. The summed E-state index contributed by atoms with van der Waals surface area (Å²) >= 11 is 0. The highest BCUT2D eigenvalue weighted by molar-refractivity contribution is 5.96. The molecule has 3 rings (SSSR count). The summed E-state index contributed by atoms with van der Waals surface area (Å²) in [4.78, 5) is 28.2. The lowest BCUT2D eigenvalue weighted by atomic mass is 10.1. The third-order valence-electron chi connectivity index (χ3n) is 5.77. The molecule has 1 aliphatic rings. The molecule has 2 amide bonds. The summed E-state index contributed by atoms with van der Waals surface area (Å²) in [5, 5.41) is 5.65. The molecule has 0 spiro atoms. The first kappa shape index (κ1) is 21.8. The van der Waals surface area contributed by atoms with Crippen molar-refractivity contribution in [2.45, 2.75) is 26.8 Å². The standard InChI is InChI=1S/C23H29FN4O2/c1-16-5-4-6-17(2)22(16)26-21(29)15-25-23(30)18(3)27-11-13-28(14-12-27)20-9-7-19(24)8-10-20/h4-10,18H,11-15H2,1-3H3,(H,25,30)(H,26,29)/p+1/t18-/m0/s1. The van der Waals surface area contributed by atoms with E-state index in [0.717, 1.165) is 48.7 Å². The zero-order valence-electron chi connectivity index (χ0n) is 17.8. The average molecular weight is 414 g/mol. The molecule has 7 heteroatoms. The maximum Gasteiger partial charge on any atom is 0.278 e. The molecule has 3 N–H and O–H groups in total. The van der Waals surface area contributed by atoms with Crippen LogP contribution in [-0.2, 0) is 9.59 Å². The van der Waals surface area contributed by atoms with Gasteiger partial charge in [-0.3, -0.25) is 9.59 Å². The topological polar surface area (TPSA) is 65.9 Å². The van der Waals surface area contributed by atoms with Crippen LogP contribution in [0, 0.1) is 19.7 Å². The Kier molecular flexibility index (Phi) is 7.05. The van der Waals surface area contributed by atoms with E-state index in [4.69, 9.17) is 0 Å². The lowest BCUT2D eigenvalue weighted by Gasteiger charge is -2.36. The number of hydrogen-bond acceptors (Lipinski definition) is 3. The summed E-state index contributed by atoms with van der Waals surface area (Å²) < 4.78 is 13.1. The number of amides is 2. The van der Waals surface area contributed by atoms with E-state index in [1.54, 1.807) is 12.1 Å². The minimum atomic E-state index is -0.242. The smallest absolute Gasteiger partial charge is 0.278 e. The van der Waals surface area contributed by atoms with E-state index >= 15 is 0 Å². The highest BCUT2D eigenvalue weighted by atomic mass is 19.1. The van der Waals surface area contributed by atoms with E-state index in [1.165, 1.54) is 17.0 Å². The molecular formula is C23H30FN4O2+. The lowest BCUT2D eigenvalue weighted by Crippen LogP contribution is -3.19. The van der Waals surface area contributed by atoms with Gasteiger partial charge in [-0.15, -0.1) is 0 Å². The molecule has 2 aromatic rings. The van der Waals surface area contributed by atoms with Gasteiger partial charge in [0.2, 0.25) is 5.91 Å². The molecule has 2 aromatic carbocycles. The van der Waals surface area contributed by atoms with E-state index in [-0.39, 0.29) is 30.2 Å². The van der Waals surface area contributed by atoms with E-state index in [0.29, 0.717) is 0 Å². The molecule has 160 valence electrons. The normalized spacial score (nSPS) is 15.5. The van der Waals surface area contributed by atoms with Crippen molar-refractivity contribution >= 4 is 23.2 Å². The second kappa shape index (κ2) is 9.71. The summed E-state index contributed by atoms with van der Waals surface area (Å²) in [6.07, 6.45) is 0. The number of rotatable bonds is 6. The second-order valence-corrected chi connectivity index (χ2v) is 7.88. The molecule has 1 saturated heterocycles. The number of nitrogens with one attached hydrogen (secondary N) is 3. The van der Waals surface area contributed by atoms with Gasteiger partial charge < -0.3 is 20.4 Å². The molecule has 6 nitrogen and oxygen atoms in total. The second-order valence-electron chi connectivity index (χ2n) is 7.88. The molecule has 1 heterocycles. The quantitative estimate of drug-likeness (QED) is 0.669. The van der Waals surface area contributed by atoms with Gasteiger partial charge in [0, 0.05) is 11.4 Å². The number of carbonyl (C=O) groups excluding carboxylic acids is 2. The molecule has 1 atom stereocenters. The Morgan fingerprint density at radius 1 is 1.07 bits per heavy atom. The third kappa shape index (κ3) is 5.36. The van der Waals surface area contributed by atoms with Crippen molar-refractivity contribution in [2.75, 3.05) is 42.9 Å². The summed E-state index contributed by atoms with van der Waals surface area (Å²) in [6.45, 7) is 8.93. The van der Waals surface area contributed by atoms with Gasteiger partial charge in [-0.25, -0.2) is 4.39 Å². The number of halogens is 1. The van der Waals surface area contributed by atoms with Crippen LogP contribution in [-0.4, -0.2) is 50.6 Å². The Morgan fingerprint density at radius 3 is 2.27 bits per heavy atom. The number of para-hydroxylation sites is 1. The van der Waals surface area contributed by atoms with Gasteiger partial charge in [0.1, 0.15) is 5.82 Å². The Bertz CT molecular complexity index is 872. The van der Waals surface area contributed by atoms with Crippen molar-refractivity contribution in [3.05, 3.63) is 59.4 Å². The van der Waals surface area contributed by atoms with E-state index in [1.807, 2.05) is 39.0 Å². The van der Waals surface area contributed by atoms with Crippen molar-refractivity contribution in [1.29, 1.82) is 0 Å². The van der Waals surface area contributed by atoms with Gasteiger partial charge >= 0.3 is 0 Å². The van der Waals surface area contributed by atoms with Gasteiger partial charge in [0.05, 0.1) is 32.7 Å². The molecular weight excluding hydrogens is 383 g/mol. The van der Waals surface area contributed by atoms with Crippen LogP contribution in [0.25, 0.3) is 0 Å². The number of quaternary nitrogens is 1. The molecule has 1 aliphatic heterocycles. The van der Waals surface area contributed by atoms with Crippen LogP contribution in [0.3, 0.4) is 0 Å². The maximum absolute atomic E-state index is 13.1. The molecule has 0 bridgehead atoms. The first-order chi connectivity index (χ1) is 14.3.